The minimum absolute atomic E-state index is 0.0479. The maximum absolute atomic E-state index is 9.38. The van der Waals surface area contributed by atoms with Crippen molar-refractivity contribution in [2.24, 2.45) is 0 Å². The number of fused-ring (bicyclic) bond motifs is 6. The second kappa shape index (κ2) is 9.44. The predicted molar refractivity (Wildman–Crippen MR) is 183 cm³/mol. The van der Waals surface area contributed by atoms with E-state index in [0.717, 1.165) is 21.9 Å². The van der Waals surface area contributed by atoms with Crippen LogP contribution in [0.2, 0.25) is 0 Å². The summed E-state index contributed by atoms with van der Waals surface area (Å²) in [6.45, 7) is 0. The Hall–Kier alpha value is -5.66. The van der Waals surface area contributed by atoms with Crippen LogP contribution in [0.15, 0.2) is 162 Å². The summed E-state index contributed by atoms with van der Waals surface area (Å²) in [5.74, 6) is 0. The van der Waals surface area contributed by atoms with Crippen LogP contribution in [-0.2, 0) is 0 Å². The number of rotatable bonds is 3. The first kappa shape index (κ1) is 14.5. The Morgan fingerprint density at radius 2 is 0.977 bits per heavy atom. The summed E-state index contributed by atoms with van der Waals surface area (Å²) in [5, 5.41) is 2.39. The smallest absolute Gasteiger partial charge is 0.136 e. The first-order valence-corrected chi connectivity index (χ1v) is 13.7. The number of hydrogen-bond acceptors (Lipinski definition) is 1. The fourth-order valence-electron chi connectivity index (χ4n) is 6.19. The van der Waals surface area contributed by atoms with Gasteiger partial charge < -0.3 is 4.42 Å². The highest BCUT2D eigenvalue weighted by atomic mass is 16.3. The van der Waals surface area contributed by atoms with Gasteiger partial charge in [0.2, 0.25) is 0 Å². The second-order valence-corrected chi connectivity index (χ2v) is 10.3. The Balaban J connectivity index is 1.57. The first-order valence-electron chi connectivity index (χ1n) is 20.2. The van der Waals surface area contributed by atoms with E-state index in [9.17, 15) is 5.48 Å². The Bertz CT molecular complexity index is 3130. The topological polar surface area (TPSA) is 13.1 Å². The van der Waals surface area contributed by atoms with Crippen molar-refractivity contribution in [1.29, 1.82) is 0 Å². The highest BCUT2D eigenvalue weighted by Gasteiger charge is 2.21. The minimum Gasteiger partial charge on any atom is -0.456 e. The molecule has 9 aromatic rings. The lowest BCUT2D eigenvalue weighted by molar-refractivity contribution is 0.669. The van der Waals surface area contributed by atoms with Crippen LogP contribution in [0.5, 0.6) is 0 Å². The summed E-state index contributed by atoms with van der Waals surface area (Å²) in [7, 11) is 0. The molecule has 0 saturated carbocycles. The maximum Gasteiger partial charge on any atom is 0.136 e. The highest BCUT2D eigenvalue weighted by molar-refractivity contribution is 6.27. The molecule has 0 atom stereocenters. The molecule has 1 heterocycles. The zero-order valence-corrected chi connectivity index (χ0v) is 22.4. The molecule has 0 saturated heterocycles. The van der Waals surface area contributed by atoms with Gasteiger partial charge >= 0.3 is 0 Å². The van der Waals surface area contributed by atoms with Crippen molar-refractivity contribution >= 4 is 54.3 Å². The summed E-state index contributed by atoms with van der Waals surface area (Å²) >= 11 is 0. The molecule has 0 amide bonds. The molecule has 0 N–H and O–H groups in total. The van der Waals surface area contributed by atoms with Gasteiger partial charge in [-0.1, -0.05) is 139 Å². The van der Waals surface area contributed by atoms with Crippen LogP contribution in [0.1, 0.15) is 17.8 Å². The molecule has 0 spiro atoms. The van der Waals surface area contributed by atoms with Gasteiger partial charge in [0.25, 0.3) is 0 Å². The van der Waals surface area contributed by atoms with Gasteiger partial charge in [0.05, 0.1) is 17.8 Å². The molecule has 1 aromatic heterocycles. The highest BCUT2D eigenvalue weighted by Crippen LogP contribution is 2.48. The summed E-state index contributed by atoms with van der Waals surface area (Å²) in [5.41, 5.74) is 2.16. The van der Waals surface area contributed by atoms with Crippen LogP contribution in [-0.4, -0.2) is 0 Å². The molecule has 1 heteroatoms. The maximum atomic E-state index is 9.38. The van der Waals surface area contributed by atoms with Gasteiger partial charge in [-0.05, 0) is 83.9 Å². The van der Waals surface area contributed by atoms with E-state index in [0.29, 0.717) is 27.5 Å². The zero-order valence-electron chi connectivity index (χ0n) is 35.4. The lowest BCUT2D eigenvalue weighted by atomic mass is 9.84. The van der Waals surface area contributed by atoms with Crippen molar-refractivity contribution in [2.45, 2.75) is 0 Å². The predicted octanol–water partition coefficient (Wildman–Crippen LogP) is 12.0. The third-order valence-corrected chi connectivity index (χ3v) is 7.98. The third-order valence-electron chi connectivity index (χ3n) is 7.98. The van der Waals surface area contributed by atoms with E-state index in [1.165, 1.54) is 0 Å². The fourth-order valence-corrected chi connectivity index (χ4v) is 6.19. The van der Waals surface area contributed by atoms with Crippen molar-refractivity contribution in [3.05, 3.63) is 157 Å². The van der Waals surface area contributed by atoms with Gasteiger partial charge in [-0.2, -0.15) is 0 Å². The van der Waals surface area contributed by atoms with Crippen molar-refractivity contribution in [3.8, 4) is 33.4 Å². The SMILES string of the molecule is [2H]c1c([2H])c([2H])c(-c2c3c([2H])c([2H])c([2H])c([2H])c3c(-c3cccc4oc5cccc(-c6ccc7ccccc7c6)c5c34)c3c([2H])c([2H])c([2H])c([2H])c23)c([2H])c1[2H]. The van der Waals surface area contributed by atoms with Crippen LogP contribution in [0.3, 0.4) is 0 Å². The van der Waals surface area contributed by atoms with Crippen LogP contribution in [0.4, 0.5) is 0 Å². The van der Waals surface area contributed by atoms with Crippen LogP contribution < -0.4 is 0 Å². The Labute approximate surface area is 267 Å². The molecular formula is C42H26O. The second-order valence-electron chi connectivity index (χ2n) is 10.3. The molecule has 0 aliphatic heterocycles. The Morgan fingerprint density at radius 3 is 1.65 bits per heavy atom. The Morgan fingerprint density at radius 1 is 0.419 bits per heavy atom. The summed E-state index contributed by atoms with van der Waals surface area (Å²) in [6.07, 6.45) is 0. The van der Waals surface area contributed by atoms with E-state index >= 15 is 0 Å². The lowest BCUT2D eigenvalue weighted by Gasteiger charge is -2.18. The van der Waals surface area contributed by atoms with Crippen LogP contribution in [0, 0.1) is 0 Å². The number of hydrogen-bond donors (Lipinski definition) is 0. The molecular weight excluding hydrogens is 520 g/mol. The largest absolute Gasteiger partial charge is 0.456 e. The van der Waals surface area contributed by atoms with Crippen molar-refractivity contribution in [2.75, 3.05) is 0 Å². The molecule has 0 radical (unpaired) electrons. The first-order chi connectivity index (χ1) is 26.7. The van der Waals surface area contributed by atoms with Gasteiger partial charge in [0.15, 0.2) is 0 Å². The molecule has 0 aliphatic carbocycles. The summed E-state index contributed by atoms with van der Waals surface area (Å²) in [6, 6.07) is 16.3. The quantitative estimate of drug-likeness (QED) is 0.196. The molecule has 0 bridgehead atoms. The molecule has 43 heavy (non-hydrogen) atoms. The van der Waals surface area contributed by atoms with Gasteiger partial charge in [-0.15, -0.1) is 0 Å². The van der Waals surface area contributed by atoms with Gasteiger partial charge in [0.1, 0.15) is 11.2 Å². The summed E-state index contributed by atoms with van der Waals surface area (Å²) in [4.78, 5) is 0. The number of benzene rings is 8. The molecule has 0 unspecified atom stereocenters. The summed E-state index contributed by atoms with van der Waals surface area (Å²) < 4.78 is 122. The normalized spacial score (nSPS) is 16.0. The average molecular weight is 560 g/mol. The molecule has 0 fully saturated rings. The van der Waals surface area contributed by atoms with Gasteiger partial charge in [-0.25, -0.2) is 0 Å². The fraction of sp³-hybridized carbons (Fsp3) is 0. The monoisotopic (exact) mass is 559 g/mol. The van der Waals surface area contributed by atoms with Crippen LogP contribution in [0.25, 0.3) is 87.6 Å². The number of furan rings is 1. The molecule has 0 aliphatic rings. The van der Waals surface area contributed by atoms with Crippen LogP contribution >= 0.6 is 0 Å². The Kier molecular flexibility index (Phi) is 3.18. The average Bonchev–Trinajstić information content (AvgIpc) is 3.60. The van der Waals surface area contributed by atoms with Crippen molar-refractivity contribution in [1.82, 2.24) is 0 Å². The van der Waals surface area contributed by atoms with E-state index < -0.39 is 84.1 Å². The van der Waals surface area contributed by atoms with E-state index in [1.807, 2.05) is 48.5 Å². The van der Waals surface area contributed by atoms with Crippen molar-refractivity contribution < 1.29 is 22.2 Å². The minimum atomic E-state index is -0.719. The molecule has 9 rings (SSSR count). The van der Waals surface area contributed by atoms with E-state index in [4.69, 9.17) is 16.8 Å². The standard InChI is InChI=1S/C42H26O/c1-2-13-28(14-3-1)39-32-16-6-8-18-34(32)40(35-19-9-7-17-33(35)39)36-21-11-23-38-42(36)41-31(20-10-22-37(41)43-38)30-25-24-27-12-4-5-15-29(27)26-30/h1-26H/i1D,2D,3D,6D,7D,8D,9D,13D,14D,16D,17D,18D,19D. The molecule has 1 nitrogen and oxygen atoms in total. The third kappa shape index (κ3) is 3.65. The zero-order chi connectivity index (χ0) is 39.6. The van der Waals surface area contributed by atoms with Gasteiger partial charge in [-0.3, -0.25) is 0 Å². The van der Waals surface area contributed by atoms with Gasteiger partial charge in [0, 0.05) is 10.8 Å². The van der Waals surface area contributed by atoms with E-state index in [-0.39, 0.29) is 32.7 Å². The molecule has 8 aromatic carbocycles. The lowest BCUT2D eigenvalue weighted by Crippen LogP contribution is -1.91. The van der Waals surface area contributed by atoms with Crippen molar-refractivity contribution in [3.63, 3.8) is 0 Å². The van der Waals surface area contributed by atoms with E-state index in [1.54, 1.807) is 24.3 Å². The molecule has 200 valence electrons. The van der Waals surface area contributed by atoms with E-state index in [2.05, 4.69) is 6.07 Å².